The second-order valence-corrected chi connectivity index (χ2v) is 5.80. The topological polar surface area (TPSA) is 12.0 Å². The van der Waals surface area contributed by atoms with Gasteiger partial charge < -0.3 is 5.32 Å². The molecule has 0 heterocycles. The van der Waals surface area contributed by atoms with Crippen LogP contribution >= 0.6 is 15.9 Å². The molecule has 0 aromatic heterocycles. The number of rotatable bonds is 5. The summed E-state index contributed by atoms with van der Waals surface area (Å²) in [5.41, 5.74) is 0.917. The van der Waals surface area contributed by atoms with Gasteiger partial charge in [0.05, 0.1) is 0 Å². The average molecular weight is 360 g/mol. The van der Waals surface area contributed by atoms with Gasteiger partial charge in [0.2, 0.25) is 0 Å². The Balaban J connectivity index is 2.38. The van der Waals surface area contributed by atoms with Crippen LogP contribution in [0.5, 0.6) is 0 Å². The molecule has 0 aliphatic carbocycles. The van der Waals surface area contributed by atoms with Gasteiger partial charge in [0, 0.05) is 16.9 Å². The van der Waals surface area contributed by atoms with Crippen molar-refractivity contribution in [3.05, 3.63) is 46.4 Å². The van der Waals surface area contributed by atoms with Gasteiger partial charge in [-0.25, -0.2) is 0 Å². The summed E-state index contributed by atoms with van der Waals surface area (Å²) < 4.78 is 38.5. The monoisotopic (exact) mass is 359 g/mol. The molecule has 0 amide bonds. The maximum absolute atomic E-state index is 12.5. The van der Waals surface area contributed by atoms with E-state index in [1.807, 2.05) is 43.3 Å². The number of fused-ring (bicyclic) bond motifs is 1. The number of hydrogen-bond acceptors (Lipinski definition) is 1. The Hall–Kier alpha value is -1.07. The quantitative estimate of drug-likeness (QED) is 0.732. The molecule has 2 rings (SSSR count). The molecule has 0 radical (unpaired) electrons. The summed E-state index contributed by atoms with van der Waals surface area (Å²) in [5, 5.41) is 5.17. The molecule has 0 saturated carbocycles. The van der Waals surface area contributed by atoms with Crippen LogP contribution in [0.1, 0.15) is 31.4 Å². The summed E-state index contributed by atoms with van der Waals surface area (Å²) in [6.07, 6.45) is -4.86. The van der Waals surface area contributed by atoms with E-state index in [9.17, 15) is 13.2 Å². The van der Waals surface area contributed by atoms with E-state index in [1.165, 1.54) is 0 Å². The van der Waals surface area contributed by atoms with E-state index >= 15 is 0 Å². The first-order valence-electron chi connectivity index (χ1n) is 6.89. The zero-order chi connectivity index (χ0) is 15.5. The third-order valence-corrected chi connectivity index (χ3v) is 4.14. The molecule has 0 aliphatic rings. The fourth-order valence-electron chi connectivity index (χ4n) is 2.51. The van der Waals surface area contributed by atoms with Gasteiger partial charge >= 0.3 is 6.18 Å². The fraction of sp³-hybridized carbons (Fsp3) is 0.375. The minimum Gasteiger partial charge on any atom is -0.310 e. The van der Waals surface area contributed by atoms with Crippen molar-refractivity contribution >= 4 is 26.7 Å². The smallest absolute Gasteiger partial charge is 0.310 e. The standard InChI is InChI=1S/C16H17BrF3N/c1-2-21-15(9-10-16(18,19)20)13-7-8-14(17)12-6-4-3-5-11(12)13/h3-8,15,21H,2,9-10H2,1H3. The highest BCUT2D eigenvalue weighted by Gasteiger charge is 2.29. The Bertz CT molecular complexity index is 610. The van der Waals surface area contributed by atoms with E-state index in [4.69, 9.17) is 0 Å². The molecule has 0 bridgehead atoms. The van der Waals surface area contributed by atoms with Crippen molar-refractivity contribution in [3.63, 3.8) is 0 Å². The molecule has 2 aromatic carbocycles. The predicted molar refractivity (Wildman–Crippen MR) is 83.4 cm³/mol. The molecule has 21 heavy (non-hydrogen) atoms. The Morgan fingerprint density at radius 3 is 2.38 bits per heavy atom. The fourth-order valence-corrected chi connectivity index (χ4v) is 2.99. The van der Waals surface area contributed by atoms with Crippen LogP contribution in [0.15, 0.2) is 40.9 Å². The predicted octanol–water partition coefficient (Wildman–Crippen LogP) is 5.60. The lowest BCUT2D eigenvalue weighted by Gasteiger charge is -2.21. The lowest BCUT2D eigenvalue weighted by molar-refractivity contribution is -0.136. The van der Waals surface area contributed by atoms with Crippen molar-refractivity contribution in [1.29, 1.82) is 0 Å². The summed E-state index contributed by atoms with van der Waals surface area (Å²) in [5.74, 6) is 0. The van der Waals surface area contributed by atoms with Crippen molar-refractivity contribution in [2.45, 2.75) is 32.0 Å². The second-order valence-electron chi connectivity index (χ2n) is 4.95. The first-order valence-corrected chi connectivity index (χ1v) is 7.69. The highest BCUT2D eigenvalue weighted by atomic mass is 79.9. The summed E-state index contributed by atoms with van der Waals surface area (Å²) in [7, 11) is 0. The SMILES string of the molecule is CCNC(CCC(F)(F)F)c1ccc(Br)c2ccccc12. The summed E-state index contributed by atoms with van der Waals surface area (Å²) in [6.45, 7) is 2.54. The molecule has 1 unspecified atom stereocenters. The van der Waals surface area contributed by atoms with Gasteiger partial charge in [-0.15, -0.1) is 0 Å². The maximum Gasteiger partial charge on any atom is 0.389 e. The number of benzene rings is 2. The Morgan fingerprint density at radius 2 is 1.76 bits per heavy atom. The minimum absolute atomic E-state index is 0.0446. The highest BCUT2D eigenvalue weighted by Crippen LogP contribution is 2.34. The molecule has 0 saturated heterocycles. The molecular formula is C16H17BrF3N. The zero-order valence-electron chi connectivity index (χ0n) is 11.7. The molecule has 0 aliphatic heterocycles. The lowest BCUT2D eigenvalue weighted by atomic mass is 9.95. The van der Waals surface area contributed by atoms with Crippen LogP contribution in [0.2, 0.25) is 0 Å². The van der Waals surface area contributed by atoms with Gasteiger partial charge in [-0.2, -0.15) is 13.2 Å². The Morgan fingerprint density at radius 1 is 1.10 bits per heavy atom. The van der Waals surface area contributed by atoms with E-state index in [0.29, 0.717) is 6.54 Å². The first-order chi connectivity index (χ1) is 9.92. The highest BCUT2D eigenvalue weighted by molar-refractivity contribution is 9.10. The molecule has 0 fully saturated rings. The Labute approximate surface area is 130 Å². The maximum atomic E-state index is 12.5. The summed E-state index contributed by atoms with van der Waals surface area (Å²) in [6, 6.07) is 11.3. The first kappa shape index (κ1) is 16.3. The lowest BCUT2D eigenvalue weighted by Crippen LogP contribution is -2.23. The van der Waals surface area contributed by atoms with Crippen LogP contribution in [0.3, 0.4) is 0 Å². The normalized spacial score (nSPS) is 13.6. The molecule has 2 aromatic rings. The van der Waals surface area contributed by atoms with Crippen molar-refractivity contribution in [3.8, 4) is 0 Å². The summed E-state index contributed by atoms with van der Waals surface area (Å²) >= 11 is 3.49. The number of halogens is 4. The van der Waals surface area contributed by atoms with Crippen LogP contribution in [0.25, 0.3) is 10.8 Å². The van der Waals surface area contributed by atoms with Crippen molar-refractivity contribution < 1.29 is 13.2 Å². The molecule has 114 valence electrons. The number of alkyl halides is 3. The van der Waals surface area contributed by atoms with Gasteiger partial charge in [0.15, 0.2) is 0 Å². The van der Waals surface area contributed by atoms with Crippen LogP contribution < -0.4 is 5.32 Å². The molecule has 0 spiro atoms. The summed E-state index contributed by atoms with van der Waals surface area (Å²) in [4.78, 5) is 0. The van der Waals surface area contributed by atoms with Crippen molar-refractivity contribution in [1.82, 2.24) is 5.32 Å². The van der Waals surface area contributed by atoms with E-state index in [-0.39, 0.29) is 12.5 Å². The second kappa shape index (κ2) is 6.79. The largest absolute Gasteiger partial charge is 0.389 e. The average Bonchev–Trinajstić information content (AvgIpc) is 2.44. The number of nitrogens with one attached hydrogen (secondary N) is 1. The van der Waals surface area contributed by atoms with Crippen molar-refractivity contribution in [2.75, 3.05) is 6.54 Å². The van der Waals surface area contributed by atoms with Crippen LogP contribution in [0, 0.1) is 0 Å². The van der Waals surface area contributed by atoms with E-state index < -0.39 is 12.6 Å². The van der Waals surface area contributed by atoms with Gasteiger partial charge in [-0.1, -0.05) is 53.2 Å². The third kappa shape index (κ3) is 4.20. The third-order valence-electron chi connectivity index (χ3n) is 3.45. The molecule has 1 atom stereocenters. The van der Waals surface area contributed by atoms with Crippen LogP contribution in [-0.4, -0.2) is 12.7 Å². The minimum atomic E-state index is -4.13. The van der Waals surface area contributed by atoms with Gasteiger partial charge in [-0.3, -0.25) is 0 Å². The van der Waals surface area contributed by atoms with Gasteiger partial charge in [-0.05, 0) is 35.4 Å². The molecule has 5 heteroatoms. The van der Waals surface area contributed by atoms with E-state index in [1.54, 1.807) is 0 Å². The van der Waals surface area contributed by atoms with Gasteiger partial charge in [0.1, 0.15) is 0 Å². The van der Waals surface area contributed by atoms with Crippen LogP contribution in [0.4, 0.5) is 13.2 Å². The molecule has 1 nitrogen and oxygen atoms in total. The molecule has 1 N–H and O–H groups in total. The zero-order valence-corrected chi connectivity index (χ0v) is 13.3. The van der Waals surface area contributed by atoms with Crippen molar-refractivity contribution in [2.24, 2.45) is 0 Å². The molecular weight excluding hydrogens is 343 g/mol. The van der Waals surface area contributed by atoms with Gasteiger partial charge in [0.25, 0.3) is 0 Å². The van der Waals surface area contributed by atoms with E-state index in [2.05, 4.69) is 21.2 Å². The van der Waals surface area contributed by atoms with Crippen LogP contribution in [-0.2, 0) is 0 Å². The van der Waals surface area contributed by atoms with E-state index in [0.717, 1.165) is 20.8 Å². The Kier molecular flexibility index (Phi) is 5.27. The number of hydrogen-bond donors (Lipinski definition) is 1.